The molecule has 0 spiro atoms. The molecule has 0 saturated heterocycles. The molecule has 0 radical (unpaired) electrons. The van der Waals surface area contributed by atoms with Crippen LogP contribution in [0.3, 0.4) is 0 Å². The summed E-state index contributed by atoms with van der Waals surface area (Å²) in [4.78, 5) is 12.2. The summed E-state index contributed by atoms with van der Waals surface area (Å²) >= 11 is 0. The first kappa shape index (κ1) is 13.9. The van der Waals surface area contributed by atoms with Crippen molar-refractivity contribution in [1.29, 1.82) is 5.26 Å². The van der Waals surface area contributed by atoms with E-state index in [1.807, 2.05) is 6.07 Å². The quantitative estimate of drug-likeness (QED) is 0.872. The Bertz CT molecular complexity index is 893. The second-order valence-corrected chi connectivity index (χ2v) is 4.90. The predicted molar refractivity (Wildman–Crippen MR) is 75.4 cm³/mol. The normalized spacial score (nSPS) is 16.7. The van der Waals surface area contributed by atoms with Crippen LogP contribution in [-0.4, -0.2) is 0 Å². The monoisotopic (exact) mass is 298 g/mol. The lowest BCUT2D eigenvalue weighted by atomic mass is 9.84. The van der Waals surface area contributed by atoms with E-state index >= 15 is 0 Å². The molecule has 1 aliphatic heterocycles. The third kappa shape index (κ3) is 2.13. The van der Waals surface area contributed by atoms with Gasteiger partial charge in [0, 0.05) is 6.07 Å². The van der Waals surface area contributed by atoms with Crippen molar-refractivity contribution >= 4 is 0 Å². The Morgan fingerprint density at radius 3 is 2.82 bits per heavy atom. The third-order valence-electron chi connectivity index (χ3n) is 3.44. The highest BCUT2D eigenvalue weighted by atomic mass is 19.1. The summed E-state index contributed by atoms with van der Waals surface area (Å²) in [6.07, 6.45) is 0. The van der Waals surface area contributed by atoms with E-state index in [-0.39, 0.29) is 22.8 Å². The lowest BCUT2D eigenvalue weighted by Gasteiger charge is -2.25. The van der Waals surface area contributed by atoms with Crippen LogP contribution in [0.1, 0.15) is 22.8 Å². The summed E-state index contributed by atoms with van der Waals surface area (Å²) in [5.41, 5.74) is 5.77. The molecule has 0 bridgehead atoms. The van der Waals surface area contributed by atoms with Crippen LogP contribution in [0.25, 0.3) is 0 Å². The van der Waals surface area contributed by atoms with Crippen molar-refractivity contribution in [2.45, 2.75) is 12.8 Å². The first-order chi connectivity index (χ1) is 10.5. The smallest absolute Gasteiger partial charge is 0.343 e. The standard InChI is InChI=1S/C16H11FN2O3/c1-8-5-12-14(16(20)21-8)13(11(7-18)15(19)22-12)9-3-2-4-10(17)6-9/h2-6,13H,19H2,1H3. The van der Waals surface area contributed by atoms with Crippen LogP contribution in [0.4, 0.5) is 4.39 Å². The lowest BCUT2D eigenvalue weighted by molar-refractivity contribution is 0.371. The number of benzene rings is 1. The van der Waals surface area contributed by atoms with Gasteiger partial charge in [-0.1, -0.05) is 12.1 Å². The lowest BCUT2D eigenvalue weighted by Crippen LogP contribution is -2.26. The largest absolute Gasteiger partial charge is 0.440 e. The number of hydrogen-bond acceptors (Lipinski definition) is 5. The first-order valence-corrected chi connectivity index (χ1v) is 6.49. The van der Waals surface area contributed by atoms with Gasteiger partial charge in [-0.05, 0) is 24.6 Å². The summed E-state index contributed by atoms with van der Waals surface area (Å²) < 4.78 is 24.0. The second kappa shape index (κ2) is 5.04. The van der Waals surface area contributed by atoms with Crippen molar-refractivity contribution in [2.24, 2.45) is 5.73 Å². The Morgan fingerprint density at radius 2 is 2.14 bits per heavy atom. The average Bonchev–Trinajstić information content (AvgIpc) is 2.45. The van der Waals surface area contributed by atoms with Gasteiger partial charge in [0.1, 0.15) is 29.0 Å². The van der Waals surface area contributed by atoms with Gasteiger partial charge < -0.3 is 14.9 Å². The Labute approximate surface area is 125 Å². The fraction of sp³-hybridized carbons (Fsp3) is 0.125. The number of aryl methyl sites for hydroxylation is 1. The van der Waals surface area contributed by atoms with Gasteiger partial charge in [0.05, 0.1) is 11.5 Å². The highest BCUT2D eigenvalue weighted by Crippen LogP contribution is 2.40. The van der Waals surface area contributed by atoms with Crippen LogP contribution < -0.4 is 16.1 Å². The topological polar surface area (TPSA) is 89.2 Å². The molecule has 1 unspecified atom stereocenters. The van der Waals surface area contributed by atoms with E-state index in [0.29, 0.717) is 11.3 Å². The van der Waals surface area contributed by atoms with Crippen molar-refractivity contribution in [3.63, 3.8) is 0 Å². The van der Waals surface area contributed by atoms with E-state index in [4.69, 9.17) is 14.9 Å². The minimum atomic E-state index is -0.818. The third-order valence-corrected chi connectivity index (χ3v) is 3.44. The number of nitriles is 1. The van der Waals surface area contributed by atoms with Gasteiger partial charge in [-0.15, -0.1) is 0 Å². The molecule has 6 heteroatoms. The molecule has 0 saturated carbocycles. The molecule has 110 valence electrons. The average molecular weight is 298 g/mol. The van der Waals surface area contributed by atoms with Crippen LogP contribution in [0.2, 0.25) is 0 Å². The number of halogens is 1. The van der Waals surface area contributed by atoms with E-state index in [2.05, 4.69) is 0 Å². The van der Waals surface area contributed by atoms with Crippen LogP contribution in [0.15, 0.2) is 51.0 Å². The molecule has 0 fully saturated rings. The van der Waals surface area contributed by atoms with Crippen LogP contribution in [-0.2, 0) is 0 Å². The van der Waals surface area contributed by atoms with Gasteiger partial charge in [-0.3, -0.25) is 0 Å². The van der Waals surface area contributed by atoms with Crippen molar-refractivity contribution in [1.82, 2.24) is 0 Å². The summed E-state index contributed by atoms with van der Waals surface area (Å²) in [6, 6.07) is 9.10. The Kier molecular flexibility index (Phi) is 3.18. The number of fused-ring (bicyclic) bond motifs is 1. The fourth-order valence-corrected chi connectivity index (χ4v) is 2.54. The van der Waals surface area contributed by atoms with Gasteiger partial charge in [-0.2, -0.15) is 5.26 Å². The zero-order valence-electron chi connectivity index (χ0n) is 11.6. The highest BCUT2D eigenvalue weighted by molar-refractivity contribution is 5.54. The maximum absolute atomic E-state index is 13.5. The second-order valence-electron chi connectivity index (χ2n) is 4.90. The van der Waals surface area contributed by atoms with Crippen molar-refractivity contribution in [2.75, 3.05) is 0 Å². The summed E-state index contributed by atoms with van der Waals surface area (Å²) in [6.45, 7) is 1.60. The molecule has 2 aromatic rings. The Morgan fingerprint density at radius 1 is 1.36 bits per heavy atom. The number of rotatable bonds is 1. The zero-order chi connectivity index (χ0) is 15.9. The number of ether oxygens (including phenoxy) is 1. The van der Waals surface area contributed by atoms with Gasteiger partial charge in [0.25, 0.3) is 0 Å². The maximum atomic E-state index is 13.5. The van der Waals surface area contributed by atoms with E-state index in [9.17, 15) is 14.4 Å². The fourth-order valence-electron chi connectivity index (χ4n) is 2.54. The van der Waals surface area contributed by atoms with Gasteiger partial charge in [0.15, 0.2) is 0 Å². The minimum absolute atomic E-state index is 0.0502. The summed E-state index contributed by atoms with van der Waals surface area (Å²) in [7, 11) is 0. The minimum Gasteiger partial charge on any atom is -0.440 e. The van der Waals surface area contributed by atoms with Crippen LogP contribution >= 0.6 is 0 Å². The van der Waals surface area contributed by atoms with Crippen molar-refractivity contribution in [3.05, 3.63) is 74.9 Å². The summed E-state index contributed by atoms with van der Waals surface area (Å²) in [5.74, 6) is -0.817. The number of allylic oxidation sites excluding steroid dienone is 1. The van der Waals surface area contributed by atoms with E-state index in [1.54, 1.807) is 13.0 Å². The Balaban J connectivity index is 2.32. The molecule has 0 amide bonds. The highest BCUT2D eigenvalue weighted by Gasteiger charge is 2.34. The molecule has 0 aliphatic carbocycles. The van der Waals surface area contributed by atoms with Crippen LogP contribution in [0, 0.1) is 24.1 Å². The maximum Gasteiger partial charge on any atom is 0.343 e. The molecule has 1 atom stereocenters. The van der Waals surface area contributed by atoms with Gasteiger partial charge in [-0.25, -0.2) is 9.18 Å². The molecule has 1 aromatic carbocycles. The van der Waals surface area contributed by atoms with E-state index in [1.165, 1.54) is 24.3 Å². The molecule has 22 heavy (non-hydrogen) atoms. The number of hydrogen-bond donors (Lipinski definition) is 1. The molecule has 2 N–H and O–H groups in total. The van der Waals surface area contributed by atoms with Gasteiger partial charge >= 0.3 is 5.63 Å². The molecule has 3 rings (SSSR count). The van der Waals surface area contributed by atoms with Crippen molar-refractivity contribution < 1.29 is 13.5 Å². The molecular weight excluding hydrogens is 287 g/mol. The van der Waals surface area contributed by atoms with Gasteiger partial charge in [0.2, 0.25) is 5.88 Å². The molecule has 1 aliphatic rings. The van der Waals surface area contributed by atoms with E-state index < -0.39 is 17.4 Å². The van der Waals surface area contributed by atoms with E-state index in [0.717, 1.165) is 0 Å². The molecule has 5 nitrogen and oxygen atoms in total. The predicted octanol–water partition coefficient (Wildman–Crippen LogP) is 2.31. The SMILES string of the molecule is Cc1cc2c(c(=O)o1)C(c1cccc(F)c1)C(C#N)=C(N)O2. The van der Waals surface area contributed by atoms with Crippen LogP contribution in [0.5, 0.6) is 5.75 Å². The Hall–Kier alpha value is -3.07. The first-order valence-electron chi connectivity index (χ1n) is 6.49. The zero-order valence-corrected chi connectivity index (χ0v) is 11.6. The molecular formula is C16H11FN2O3. The molecule has 2 heterocycles. The summed E-state index contributed by atoms with van der Waals surface area (Å²) in [5, 5.41) is 9.34. The number of nitrogens with two attached hydrogens (primary N) is 1. The van der Waals surface area contributed by atoms with Crippen molar-refractivity contribution in [3.8, 4) is 11.8 Å². The number of nitrogens with zero attached hydrogens (tertiary/aromatic N) is 1. The molecule has 1 aromatic heterocycles.